The predicted molar refractivity (Wildman–Crippen MR) is 78.1 cm³/mol. The van der Waals surface area contributed by atoms with E-state index in [1.807, 2.05) is 0 Å². The first-order valence-corrected chi connectivity index (χ1v) is 9.14. The topological polar surface area (TPSA) is 75.4 Å². The summed E-state index contributed by atoms with van der Waals surface area (Å²) in [7, 11) is -1.89. The van der Waals surface area contributed by atoms with Crippen molar-refractivity contribution in [2.45, 2.75) is 55.7 Å². The number of aryl methyl sites for hydroxylation is 1. The molecular formula is C14H23N3O3S. The Balaban J connectivity index is 1.92. The SMILES string of the molecule is Cn1nccc1S(=O)(=O)N1CCCCC1C1CCCC1O. The lowest BCUT2D eigenvalue weighted by Crippen LogP contribution is -2.49. The Morgan fingerprint density at radius 2 is 2.05 bits per heavy atom. The molecule has 1 aromatic rings. The Bertz CT molecular complexity index is 598. The van der Waals surface area contributed by atoms with Gasteiger partial charge in [0.15, 0.2) is 5.03 Å². The van der Waals surface area contributed by atoms with Crippen molar-refractivity contribution in [2.24, 2.45) is 13.0 Å². The van der Waals surface area contributed by atoms with E-state index in [0.29, 0.717) is 6.54 Å². The number of aliphatic hydroxyl groups is 1. The molecule has 1 saturated carbocycles. The van der Waals surface area contributed by atoms with Crippen LogP contribution in [0.15, 0.2) is 17.3 Å². The van der Waals surface area contributed by atoms with Crippen LogP contribution < -0.4 is 0 Å². The molecular weight excluding hydrogens is 290 g/mol. The average Bonchev–Trinajstić information content (AvgIpc) is 3.07. The molecule has 2 heterocycles. The first-order chi connectivity index (χ1) is 10.0. The summed E-state index contributed by atoms with van der Waals surface area (Å²) in [6.07, 6.45) is 6.61. The molecule has 3 atom stereocenters. The van der Waals surface area contributed by atoms with Crippen LogP contribution in [0.5, 0.6) is 0 Å². The number of hydrogen-bond donors (Lipinski definition) is 1. The third-order valence-electron chi connectivity index (χ3n) is 4.87. The van der Waals surface area contributed by atoms with Crippen LogP contribution in [0.2, 0.25) is 0 Å². The predicted octanol–water partition coefficient (Wildman–Crippen LogP) is 1.12. The minimum atomic E-state index is -3.54. The zero-order chi connectivity index (χ0) is 15.0. The molecule has 3 rings (SSSR count). The lowest BCUT2D eigenvalue weighted by atomic mass is 9.89. The van der Waals surface area contributed by atoms with Crippen LogP contribution in [0.1, 0.15) is 38.5 Å². The lowest BCUT2D eigenvalue weighted by Gasteiger charge is -2.39. The Morgan fingerprint density at radius 3 is 2.67 bits per heavy atom. The first-order valence-electron chi connectivity index (χ1n) is 7.70. The van der Waals surface area contributed by atoms with E-state index in [0.717, 1.165) is 38.5 Å². The highest BCUT2D eigenvalue weighted by molar-refractivity contribution is 7.89. The van der Waals surface area contributed by atoms with Crippen molar-refractivity contribution < 1.29 is 13.5 Å². The van der Waals surface area contributed by atoms with Crippen molar-refractivity contribution in [1.29, 1.82) is 0 Å². The first kappa shape index (κ1) is 15.0. The van der Waals surface area contributed by atoms with Gasteiger partial charge >= 0.3 is 0 Å². The smallest absolute Gasteiger partial charge is 0.260 e. The lowest BCUT2D eigenvalue weighted by molar-refractivity contribution is 0.0721. The zero-order valence-electron chi connectivity index (χ0n) is 12.4. The van der Waals surface area contributed by atoms with E-state index in [4.69, 9.17) is 0 Å². The number of aliphatic hydroxyl groups excluding tert-OH is 1. The van der Waals surface area contributed by atoms with Gasteiger partial charge in [-0.15, -0.1) is 0 Å². The average molecular weight is 313 g/mol. The molecule has 0 aromatic carbocycles. The Labute approximate surface area is 125 Å². The molecule has 2 fully saturated rings. The number of rotatable bonds is 3. The van der Waals surface area contributed by atoms with Crippen LogP contribution >= 0.6 is 0 Å². The summed E-state index contributed by atoms with van der Waals surface area (Å²) >= 11 is 0. The second-order valence-corrected chi connectivity index (χ2v) is 7.97. The van der Waals surface area contributed by atoms with Gasteiger partial charge in [-0.2, -0.15) is 9.40 Å². The fourth-order valence-electron chi connectivity index (χ4n) is 3.81. The molecule has 0 spiro atoms. The molecule has 1 N–H and O–H groups in total. The summed E-state index contributed by atoms with van der Waals surface area (Å²) in [6, 6.07) is 1.47. The van der Waals surface area contributed by atoms with E-state index in [2.05, 4.69) is 5.10 Å². The van der Waals surface area contributed by atoms with E-state index in [9.17, 15) is 13.5 Å². The number of nitrogens with zero attached hydrogens (tertiary/aromatic N) is 3. The normalized spacial score (nSPS) is 31.6. The maximum Gasteiger partial charge on any atom is 0.260 e. The van der Waals surface area contributed by atoms with Gasteiger partial charge in [-0.05, 0) is 31.7 Å². The summed E-state index contributed by atoms with van der Waals surface area (Å²) in [5.41, 5.74) is 0. The van der Waals surface area contributed by atoms with Gasteiger partial charge in [-0.1, -0.05) is 12.8 Å². The number of sulfonamides is 1. The summed E-state index contributed by atoms with van der Waals surface area (Å²) in [5.74, 6) is 0.0771. The van der Waals surface area contributed by atoms with Crippen molar-refractivity contribution >= 4 is 10.0 Å². The molecule has 1 aliphatic heterocycles. The van der Waals surface area contributed by atoms with E-state index in [-0.39, 0.29) is 23.1 Å². The second kappa shape index (κ2) is 5.70. The maximum atomic E-state index is 12.9. The Kier molecular flexibility index (Phi) is 4.07. The van der Waals surface area contributed by atoms with Gasteiger partial charge in [0.2, 0.25) is 0 Å². The van der Waals surface area contributed by atoms with Gasteiger partial charge in [0.25, 0.3) is 10.0 Å². The van der Waals surface area contributed by atoms with Crippen LogP contribution in [-0.4, -0.2) is 46.3 Å². The maximum absolute atomic E-state index is 12.9. The third-order valence-corrected chi connectivity index (χ3v) is 6.87. The summed E-state index contributed by atoms with van der Waals surface area (Å²) < 4.78 is 28.9. The minimum Gasteiger partial charge on any atom is -0.393 e. The molecule has 1 saturated heterocycles. The number of aromatic nitrogens is 2. The van der Waals surface area contributed by atoms with Crippen molar-refractivity contribution in [1.82, 2.24) is 14.1 Å². The van der Waals surface area contributed by atoms with Crippen molar-refractivity contribution in [2.75, 3.05) is 6.54 Å². The number of piperidine rings is 1. The fraction of sp³-hybridized carbons (Fsp3) is 0.786. The molecule has 1 aromatic heterocycles. The van der Waals surface area contributed by atoms with Crippen molar-refractivity contribution in [3.05, 3.63) is 12.3 Å². The number of hydrogen-bond acceptors (Lipinski definition) is 4. The summed E-state index contributed by atoms with van der Waals surface area (Å²) in [5, 5.41) is 14.4. The molecule has 2 aliphatic rings. The molecule has 7 heteroatoms. The standard InChI is InChI=1S/C14H23N3O3S/c1-16-14(8-9-15-16)21(19,20)17-10-3-2-6-12(17)11-5-4-7-13(11)18/h8-9,11-13,18H,2-7,10H2,1H3. The van der Waals surface area contributed by atoms with Gasteiger partial charge in [0.05, 0.1) is 12.3 Å². The minimum absolute atomic E-state index is 0.0730. The zero-order valence-corrected chi connectivity index (χ0v) is 13.2. The van der Waals surface area contributed by atoms with Gasteiger partial charge in [-0.25, -0.2) is 8.42 Å². The molecule has 6 nitrogen and oxygen atoms in total. The van der Waals surface area contributed by atoms with E-state index in [1.165, 1.54) is 10.9 Å². The van der Waals surface area contributed by atoms with E-state index >= 15 is 0 Å². The largest absolute Gasteiger partial charge is 0.393 e. The van der Waals surface area contributed by atoms with Crippen molar-refractivity contribution in [3.63, 3.8) is 0 Å². The Hall–Kier alpha value is -0.920. The summed E-state index contributed by atoms with van der Waals surface area (Å²) in [4.78, 5) is 0. The van der Waals surface area contributed by atoms with Crippen LogP contribution in [0.3, 0.4) is 0 Å². The third kappa shape index (κ3) is 2.62. The molecule has 118 valence electrons. The van der Waals surface area contributed by atoms with E-state index in [1.54, 1.807) is 17.4 Å². The highest BCUT2D eigenvalue weighted by Gasteiger charge is 2.42. The quantitative estimate of drug-likeness (QED) is 0.907. The second-order valence-electron chi connectivity index (χ2n) is 6.13. The van der Waals surface area contributed by atoms with Gasteiger partial charge < -0.3 is 5.11 Å². The molecule has 3 unspecified atom stereocenters. The van der Waals surface area contributed by atoms with Gasteiger partial charge in [0.1, 0.15) is 0 Å². The van der Waals surface area contributed by atoms with Crippen LogP contribution in [0.25, 0.3) is 0 Å². The van der Waals surface area contributed by atoms with Crippen LogP contribution in [-0.2, 0) is 17.1 Å². The van der Waals surface area contributed by atoms with Gasteiger partial charge in [0, 0.05) is 25.6 Å². The molecule has 1 aliphatic carbocycles. The molecule has 0 radical (unpaired) electrons. The van der Waals surface area contributed by atoms with Gasteiger partial charge in [-0.3, -0.25) is 4.68 Å². The van der Waals surface area contributed by atoms with Crippen molar-refractivity contribution in [3.8, 4) is 0 Å². The highest BCUT2D eigenvalue weighted by atomic mass is 32.2. The molecule has 0 amide bonds. The molecule has 0 bridgehead atoms. The van der Waals surface area contributed by atoms with E-state index < -0.39 is 10.0 Å². The monoisotopic (exact) mass is 313 g/mol. The van der Waals surface area contributed by atoms with Crippen LogP contribution in [0, 0.1) is 5.92 Å². The molecule has 21 heavy (non-hydrogen) atoms. The highest BCUT2D eigenvalue weighted by Crippen LogP contribution is 2.37. The Morgan fingerprint density at radius 1 is 1.24 bits per heavy atom. The fourth-order valence-corrected chi connectivity index (χ4v) is 5.65. The van der Waals surface area contributed by atoms with Crippen LogP contribution in [0.4, 0.5) is 0 Å². The summed E-state index contributed by atoms with van der Waals surface area (Å²) in [6.45, 7) is 0.543.